The summed E-state index contributed by atoms with van der Waals surface area (Å²) < 4.78 is 0. The fraction of sp³-hybridized carbons (Fsp3) is 0.333. The Hall–Kier alpha value is -1.49. The van der Waals surface area contributed by atoms with E-state index in [0.717, 1.165) is 0 Å². The third-order valence-corrected chi connectivity index (χ3v) is 1.94. The lowest BCUT2D eigenvalue weighted by atomic mass is 10.4. The molecular weight excluding hydrogens is 216 g/mol. The maximum atomic E-state index is 11.1. The molecule has 0 aliphatic rings. The molecule has 1 aromatic rings. The molecule has 6 heteroatoms. The van der Waals surface area contributed by atoms with Crippen LogP contribution >= 0.6 is 11.6 Å². The maximum absolute atomic E-state index is 11.1. The molecule has 0 spiro atoms. The highest BCUT2D eigenvalue weighted by atomic mass is 35.5. The highest BCUT2D eigenvalue weighted by Gasteiger charge is 2.04. The number of hydrogen-bond donors (Lipinski definition) is 3. The lowest BCUT2D eigenvalue weighted by Gasteiger charge is -2.07. The Balaban J connectivity index is 2.54. The number of carbonyl (C=O) groups excluding carboxylic acids is 1. The van der Waals surface area contributed by atoms with Crippen LogP contribution in [0.1, 0.15) is 6.92 Å². The number of aromatic nitrogens is 1. The average Bonchev–Trinajstić information content (AvgIpc) is 2.17. The number of nitrogens with zero attached hydrogens (tertiary/aromatic N) is 1. The Bertz CT molecular complexity index is 356. The first kappa shape index (κ1) is 11.6. The average molecular weight is 229 g/mol. The first-order chi connectivity index (χ1) is 7.13. The van der Waals surface area contributed by atoms with Gasteiger partial charge in [0.2, 0.25) is 5.91 Å². The summed E-state index contributed by atoms with van der Waals surface area (Å²) in [5, 5.41) is 5.87. The third-order valence-electron chi connectivity index (χ3n) is 1.65. The van der Waals surface area contributed by atoms with Gasteiger partial charge in [0, 0.05) is 6.54 Å². The standard InChI is InChI=1S/C9H13ClN4O/c1-2-12-8(15)5-14-9-7(10)3-6(11)4-13-9/h3-4H,2,5,11H2,1H3,(H,12,15)(H,13,14). The number of halogens is 1. The van der Waals surface area contributed by atoms with Crippen molar-refractivity contribution in [2.75, 3.05) is 24.1 Å². The molecule has 0 fully saturated rings. The van der Waals surface area contributed by atoms with Crippen molar-refractivity contribution in [3.8, 4) is 0 Å². The Labute approximate surface area is 93.0 Å². The Morgan fingerprint density at radius 3 is 3.00 bits per heavy atom. The van der Waals surface area contributed by atoms with Crippen molar-refractivity contribution in [3.63, 3.8) is 0 Å². The summed E-state index contributed by atoms with van der Waals surface area (Å²) in [6, 6.07) is 1.58. The minimum Gasteiger partial charge on any atom is -0.397 e. The van der Waals surface area contributed by atoms with Crippen LogP contribution in [0, 0.1) is 0 Å². The predicted molar refractivity (Wildman–Crippen MR) is 60.8 cm³/mol. The molecule has 1 aromatic heterocycles. The van der Waals surface area contributed by atoms with E-state index in [0.29, 0.717) is 23.1 Å². The molecule has 1 amide bonds. The van der Waals surface area contributed by atoms with Crippen molar-refractivity contribution in [1.82, 2.24) is 10.3 Å². The van der Waals surface area contributed by atoms with Gasteiger partial charge in [-0.1, -0.05) is 11.6 Å². The SMILES string of the molecule is CCNC(=O)CNc1ncc(N)cc1Cl. The van der Waals surface area contributed by atoms with E-state index < -0.39 is 0 Å². The van der Waals surface area contributed by atoms with Crippen LogP contribution in [-0.2, 0) is 4.79 Å². The molecule has 1 heterocycles. The van der Waals surface area contributed by atoms with E-state index in [1.54, 1.807) is 6.07 Å². The van der Waals surface area contributed by atoms with Gasteiger partial charge in [-0.25, -0.2) is 4.98 Å². The number of rotatable bonds is 4. The van der Waals surface area contributed by atoms with E-state index in [4.69, 9.17) is 17.3 Å². The van der Waals surface area contributed by atoms with Crippen molar-refractivity contribution in [2.45, 2.75) is 6.92 Å². The van der Waals surface area contributed by atoms with Gasteiger partial charge in [0.05, 0.1) is 23.5 Å². The second kappa shape index (κ2) is 5.41. The van der Waals surface area contributed by atoms with E-state index in [2.05, 4.69) is 15.6 Å². The fourth-order valence-electron chi connectivity index (χ4n) is 1.01. The van der Waals surface area contributed by atoms with Crippen molar-refractivity contribution >= 4 is 29.0 Å². The number of nitrogen functional groups attached to an aromatic ring is 1. The van der Waals surface area contributed by atoms with Gasteiger partial charge in [-0.05, 0) is 13.0 Å². The van der Waals surface area contributed by atoms with E-state index in [-0.39, 0.29) is 12.5 Å². The highest BCUT2D eigenvalue weighted by Crippen LogP contribution is 2.20. The monoisotopic (exact) mass is 228 g/mol. The zero-order valence-corrected chi connectivity index (χ0v) is 9.14. The van der Waals surface area contributed by atoms with Crippen molar-refractivity contribution in [3.05, 3.63) is 17.3 Å². The van der Waals surface area contributed by atoms with Crippen LogP contribution in [0.5, 0.6) is 0 Å². The highest BCUT2D eigenvalue weighted by molar-refractivity contribution is 6.33. The van der Waals surface area contributed by atoms with Gasteiger partial charge in [-0.2, -0.15) is 0 Å². The van der Waals surface area contributed by atoms with Gasteiger partial charge in [-0.15, -0.1) is 0 Å². The minimum atomic E-state index is -0.104. The molecule has 0 bridgehead atoms. The number of nitrogens with one attached hydrogen (secondary N) is 2. The van der Waals surface area contributed by atoms with E-state index in [1.807, 2.05) is 6.92 Å². The normalized spacial score (nSPS) is 9.73. The lowest BCUT2D eigenvalue weighted by Crippen LogP contribution is -2.29. The quantitative estimate of drug-likeness (QED) is 0.714. The van der Waals surface area contributed by atoms with Crippen LogP contribution in [0.25, 0.3) is 0 Å². The van der Waals surface area contributed by atoms with E-state index >= 15 is 0 Å². The van der Waals surface area contributed by atoms with Crippen molar-refractivity contribution in [2.24, 2.45) is 0 Å². The molecule has 82 valence electrons. The van der Waals surface area contributed by atoms with Gasteiger partial charge in [0.15, 0.2) is 0 Å². The van der Waals surface area contributed by atoms with Crippen LogP contribution in [0.4, 0.5) is 11.5 Å². The summed E-state index contributed by atoms with van der Waals surface area (Å²) >= 11 is 5.85. The zero-order chi connectivity index (χ0) is 11.3. The summed E-state index contributed by atoms with van der Waals surface area (Å²) in [5.41, 5.74) is 5.97. The van der Waals surface area contributed by atoms with Crippen LogP contribution in [0.3, 0.4) is 0 Å². The topological polar surface area (TPSA) is 80.0 Å². The van der Waals surface area contributed by atoms with Crippen molar-refractivity contribution in [1.29, 1.82) is 0 Å². The molecule has 0 aliphatic carbocycles. The van der Waals surface area contributed by atoms with Gasteiger partial charge in [0.25, 0.3) is 0 Å². The van der Waals surface area contributed by atoms with Gasteiger partial charge in [0.1, 0.15) is 5.82 Å². The number of amides is 1. The summed E-state index contributed by atoms with van der Waals surface area (Å²) in [5.74, 6) is 0.351. The van der Waals surface area contributed by atoms with Gasteiger partial charge in [-0.3, -0.25) is 4.79 Å². The van der Waals surface area contributed by atoms with E-state index in [9.17, 15) is 4.79 Å². The fourth-order valence-corrected chi connectivity index (χ4v) is 1.25. The van der Waals surface area contributed by atoms with Gasteiger partial charge < -0.3 is 16.4 Å². The van der Waals surface area contributed by atoms with Crippen LogP contribution in [0.2, 0.25) is 5.02 Å². The number of carbonyl (C=O) groups is 1. The molecular formula is C9H13ClN4O. The molecule has 0 radical (unpaired) electrons. The second-order valence-corrected chi connectivity index (χ2v) is 3.31. The Morgan fingerprint density at radius 2 is 2.40 bits per heavy atom. The first-order valence-electron chi connectivity index (χ1n) is 4.55. The van der Waals surface area contributed by atoms with Crippen LogP contribution in [-0.4, -0.2) is 24.0 Å². The summed E-state index contributed by atoms with van der Waals surface area (Å²) in [4.78, 5) is 15.1. The molecule has 0 saturated carbocycles. The lowest BCUT2D eigenvalue weighted by molar-refractivity contribution is -0.119. The number of hydrogen-bond acceptors (Lipinski definition) is 4. The molecule has 0 aliphatic heterocycles. The predicted octanol–water partition coefficient (Wildman–Crippen LogP) is 0.865. The summed E-state index contributed by atoms with van der Waals surface area (Å²) in [7, 11) is 0. The maximum Gasteiger partial charge on any atom is 0.239 e. The molecule has 0 saturated heterocycles. The number of pyridine rings is 1. The zero-order valence-electron chi connectivity index (χ0n) is 8.38. The Morgan fingerprint density at radius 1 is 1.67 bits per heavy atom. The van der Waals surface area contributed by atoms with Crippen molar-refractivity contribution < 1.29 is 4.79 Å². The van der Waals surface area contributed by atoms with E-state index in [1.165, 1.54) is 6.20 Å². The molecule has 4 N–H and O–H groups in total. The molecule has 15 heavy (non-hydrogen) atoms. The number of nitrogens with two attached hydrogens (primary N) is 1. The Kier molecular flexibility index (Phi) is 4.17. The molecule has 1 rings (SSSR count). The molecule has 5 nitrogen and oxygen atoms in total. The molecule has 0 unspecified atom stereocenters. The smallest absolute Gasteiger partial charge is 0.239 e. The first-order valence-corrected chi connectivity index (χ1v) is 4.93. The molecule has 0 atom stereocenters. The largest absolute Gasteiger partial charge is 0.397 e. The van der Waals surface area contributed by atoms with Crippen LogP contribution in [0.15, 0.2) is 12.3 Å². The number of likely N-dealkylation sites (N-methyl/N-ethyl adjacent to an activating group) is 1. The second-order valence-electron chi connectivity index (χ2n) is 2.91. The third kappa shape index (κ3) is 3.63. The summed E-state index contributed by atoms with van der Waals surface area (Å²) in [6.07, 6.45) is 1.48. The summed E-state index contributed by atoms with van der Waals surface area (Å²) in [6.45, 7) is 2.60. The minimum absolute atomic E-state index is 0.104. The number of anilines is 2. The molecule has 0 aromatic carbocycles. The van der Waals surface area contributed by atoms with Crippen LogP contribution < -0.4 is 16.4 Å². The van der Waals surface area contributed by atoms with Gasteiger partial charge >= 0.3 is 0 Å².